The summed E-state index contributed by atoms with van der Waals surface area (Å²) in [5.41, 5.74) is 1.53. The van der Waals surface area contributed by atoms with Gasteiger partial charge in [-0.25, -0.2) is 0 Å². The molecule has 0 aromatic rings. The lowest BCUT2D eigenvalue weighted by Gasteiger charge is -2.11. The molecule has 0 amide bonds. The smallest absolute Gasteiger partial charge is 0.0164 e. The monoisotopic (exact) mass is 169 g/mol. The zero-order valence-electron chi connectivity index (χ0n) is 9.15. The van der Waals surface area contributed by atoms with Crippen molar-refractivity contribution in [3.8, 4) is 0 Å². The molecule has 0 saturated heterocycles. The van der Waals surface area contributed by atoms with Crippen LogP contribution in [0.3, 0.4) is 0 Å². The number of hydrogen-bond acceptors (Lipinski definition) is 1. The van der Waals surface area contributed by atoms with Gasteiger partial charge in [-0.2, -0.15) is 0 Å². The molecule has 0 aromatic heterocycles. The molecule has 0 aliphatic rings. The van der Waals surface area contributed by atoms with E-state index < -0.39 is 0 Å². The molecule has 0 spiro atoms. The minimum Gasteiger partial charge on any atom is -0.316 e. The summed E-state index contributed by atoms with van der Waals surface area (Å²) in [6.45, 7) is 10.1. The lowest BCUT2D eigenvalue weighted by Crippen LogP contribution is -2.14. The standard InChI is InChI=1S/C11H23N/c1-9(2)6-7-11(8-12-5)10(3)4/h7,9-10,12H,6,8H2,1-5H3/b11-7+. The summed E-state index contributed by atoms with van der Waals surface area (Å²) in [4.78, 5) is 0. The van der Waals surface area contributed by atoms with Crippen molar-refractivity contribution in [2.75, 3.05) is 13.6 Å². The van der Waals surface area contributed by atoms with Crippen molar-refractivity contribution in [2.24, 2.45) is 11.8 Å². The van der Waals surface area contributed by atoms with E-state index in [-0.39, 0.29) is 0 Å². The van der Waals surface area contributed by atoms with Crippen LogP contribution in [-0.4, -0.2) is 13.6 Å². The largest absolute Gasteiger partial charge is 0.316 e. The molecule has 0 aliphatic heterocycles. The van der Waals surface area contributed by atoms with Crippen LogP contribution in [-0.2, 0) is 0 Å². The molecule has 0 fully saturated rings. The van der Waals surface area contributed by atoms with Crippen LogP contribution < -0.4 is 5.32 Å². The summed E-state index contributed by atoms with van der Waals surface area (Å²) in [6.07, 6.45) is 3.58. The Balaban J connectivity index is 3.99. The van der Waals surface area contributed by atoms with E-state index in [1.165, 1.54) is 12.0 Å². The van der Waals surface area contributed by atoms with Crippen LogP contribution >= 0.6 is 0 Å². The highest BCUT2D eigenvalue weighted by Gasteiger charge is 2.01. The van der Waals surface area contributed by atoms with Crippen molar-refractivity contribution >= 4 is 0 Å². The van der Waals surface area contributed by atoms with Crippen molar-refractivity contribution in [3.05, 3.63) is 11.6 Å². The first-order chi connectivity index (χ1) is 5.57. The molecule has 0 aliphatic carbocycles. The Hall–Kier alpha value is -0.300. The van der Waals surface area contributed by atoms with Crippen LogP contribution in [0.15, 0.2) is 11.6 Å². The molecule has 1 nitrogen and oxygen atoms in total. The van der Waals surface area contributed by atoms with Crippen molar-refractivity contribution in [1.82, 2.24) is 5.32 Å². The van der Waals surface area contributed by atoms with E-state index in [1.807, 2.05) is 7.05 Å². The molecule has 0 atom stereocenters. The lowest BCUT2D eigenvalue weighted by atomic mass is 9.99. The molecule has 0 heterocycles. The maximum Gasteiger partial charge on any atom is 0.0164 e. The highest BCUT2D eigenvalue weighted by Crippen LogP contribution is 2.11. The average Bonchev–Trinajstić information content (AvgIpc) is 1.96. The van der Waals surface area contributed by atoms with Gasteiger partial charge in [0, 0.05) is 6.54 Å². The van der Waals surface area contributed by atoms with Crippen LogP contribution in [0.2, 0.25) is 0 Å². The molecule has 0 bridgehead atoms. The van der Waals surface area contributed by atoms with Gasteiger partial charge in [-0.1, -0.05) is 39.3 Å². The summed E-state index contributed by atoms with van der Waals surface area (Å²) in [5, 5.41) is 3.20. The zero-order valence-corrected chi connectivity index (χ0v) is 9.15. The molecule has 72 valence electrons. The number of nitrogens with one attached hydrogen (secondary N) is 1. The second-order valence-electron chi connectivity index (χ2n) is 4.09. The van der Waals surface area contributed by atoms with Gasteiger partial charge in [0.2, 0.25) is 0 Å². The van der Waals surface area contributed by atoms with Gasteiger partial charge in [-0.05, 0) is 25.3 Å². The molecule has 0 saturated carbocycles. The number of allylic oxidation sites excluding steroid dienone is 1. The van der Waals surface area contributed by atoms with Crippen LogP contribution in [0.1, 0.15) is 34.1 Å². The second kappa shape index (κ2) is 6.24. The van der Waals surface area contributed by atoms with E-state index in [4.69, 9.17) is 0 Å². The van der Waals surface area contributed by atoms with Crippen molar-refractivity contribution in [3.63, 3.8) is 0 Å². The summed E-state index contributed by atoms with van der Waals surface area (Å²) in [5.74, 6) is 1.45. The molecular weight excluding hydrogens is 146 g/mol. The zero-order chi connectivity index (χ0) is 9.56. The topological polar surface area (TPSA) is 12.0 Å². The number of hydrogen-bond donors (Lipinski definition) is 1. The Morgan fingerprint density at radius 3 is 2.17 bits per heavy atom. The minimum atomic E-state index is 0.677. The summed E-state index contributed by atoms with van der Waals surface area (Å²) in [7, 11) is 2.01. The molecule has 1 N–H and O–H groups in total. The van der Waals surface area contributed by atoms with Crippen molar-refractivity contribution in [2.45, 2.75) is 34.1 Å². The van der Waals surface area contributed by atoms with Crippen LogP contribution in [0.5, 0.6) is 0 Å². The van der Waals surface area contributed by atoms with Gasteiger partial charge >= 0.3 is 0 Å². The average molecular weight is 169 g/mol. The Morgan fingerprint density at radius 1 is 1.25 bits per heavy atom. The van der Waals surface area contributed by atoms with Crippen LogP contribution in [0.4, 0.5) is 0 Å². The third-order valence-electron chi connectivity index (χ3n) is 1.97. The third kappa shape index (κ3) is 5.36. The van der Waals surface area contributed by atoms with Crippen LogP contribution in [0.25, 0.3) is 0 Å². The van der Waals surface area contributed by atoms with E-state index in [2.05, 4.69) is 39.1 Å². The highest BCUT2D eigenvalue weighted by molar-refractivity contribution is 5.06. The highest BCUT2D eigenvalue weighted by atomic mass is 14.8. The number of rotatable bonds is 5. The quantitative estimate of drug-likeness (QED) is 0.624. The van der Waals surface area contributed by atoms with E-state index >= 15 is 0 Å². The molecule has 12 heavy (non-hydrogen) atoms. The van der Waals surface area contributed by atoms with Gasteiger partial charge in [-0.3, -0.25) is 0 Å². The molecule has 1 heteroatoms. The van der Waals surface area contributed by atoms with E-state index in [0.29, 0.717) is 5.92 Å². The molecular formula is C11H23N. The van der Waals surface area contributed by atoms with Crippen LogP contribution in [0, 0.1) is 11.8 Å². The van der Waals surface area contributed by atoms with E-state index in [9.17, 15) is 0 Å². The van der Waals surface area contributed by atoms with Gasteiger partial charge in [0.25, 0.3) is 0 Å². The fourth-order valence-corrected chi connectivity index (χ4v) is 1.10. The Bertz CT molecular complexity index is 134. The molecule has 0 aromatic carbocycles. The van der Waals surface area contributed by atoms with Crippen molar-refractivity contribution < 1.29 is 0 Å². The summed E-state index contributed by atoms with van der Waals surface area (Å²) >= 11 is 0. The maximum atomic E-state index is 3.20. The minimum absolute atomic E-state index is 0.677. The molecule has 0 radical (unpaired) electrons. The van der Waals surface area contributed by atoms with E-state index in [0.717, 1.165) is 12.5 Å². The van der Waals surface area contributed by atoms with Gasteiger partial charge in [0.1, 0.15) is 0 Å². The SMILES string of the molecule is CNC/C(=C\CC(C)C)C(C)C. The first kappa shape index (κ1) is 11.7. The Labute approximate surface area is 77.2 Å². The van der Waals surface area contributed by atoms with Gasteiger partial charge in [-0.15, -0.1) is 0 Å². The fraction of sp³-hybridized carbons (Fsp3) is 0.818. The Kier molecular flexibility index (Phi) is 6.09. The number of likely N-dealkylation sites (N-methyl/N-ethyl adjacent to an activating group) is 1. The van der Waals surface area contributed by atoms with Gasteiger partial charge in [0.05, 0.1) is 0 Å². The third-order valence-corrected chi connectivity index (χ3v) is 1.97. The van der Waals surface area contributed by atoms with Gasteiger partial charge < -0.3 is 5.32 Å². The summed E-state index contributed by atoms with van der Waals surface area (Å²) < 4.78 is 0. The first-order valence-corrected chi connectivity index (χ1v) is 4.91. The second-order valence-corrected chi connectivity index (χ2v) is 4.09. The molecule has 0 rings (SSSR count). The summed E-state index contributed by atoms with van der Waals surface area (Å²) in [6, 6.07) is 0. The van der Waals surface area contributed by atoms with E-state index in [1.54, 1.807) is 0 Å². The van der Waals surface area contributed by atoms with Crippen molar-refractivity contribution in [1.29, 1.82) is 0 Å². The normalized spacial score (nSPS) is 13.1. The predicted octanol–water partition coefficient (Wildman–Crippen LogP) is 2.83. The fourth-order valence-electron chi connectivity index (χ4n) is 1.10. The lowest BCUT2D eigenvalue weighted by molar-refractivity contribution is 0.640. The van der Waals surface area contributed by atoms with Gasteiger partial charge in [0.15, 0.2) is 0 Å². The Morgan fingerprint density at radius 2 is 1.83 bits per heavy atom. The predicted molar refractivity (Wildman–Crippen MR) is 56.3 cm³/mol. The first-order valence-electron chi connectivity index (χ1n) is 4.91. The molecule has 0 unspecified atom stereocenters. The maximum absolute atomic E-state index is 3.20.